The number of nitrogens with one attached hydrogen (secondary N) is 1. The number of hydrogen-bond donors (Lipinski definition) is 1. The molecule has 0 saturated carbocycles. The molecule has 1 N–H and O–H groups in total. The summed E-state index contributed by atoms with van der Waals surface area (Å²) >= 11 is 6.22. The molecule has 0 aliphatic heterocycles. The summed E-state index contributed by atoms with van der Waals surface area (Å²) in [5.74, 6) is 0.952. The summed E-state index contributed by atoms with van der Waals surface area (Å²) in [5.41, 5.74) is 1.17. The number of pyridine rings is 1. The highest BCUT2D eigenvalue weighted by Gasteiger charge is 2.22. The molecule has 0 aliphatic carbocycles. The number of benzene rings is 1. The number of carbonyl (C=O) groups is 1. The second-order valence-electron chi connectivity index (χ2n) is 7.91. The number of ether oxygens (including phenoxy) is 1. The van der Waals surface area contributed by atoms with Gasteiger partial charge in [0.2, 0.25) is 0 Å². The number of anilines is 1. The normalized spacial score (nSPS) is 11.5. The Labute approximate surface area is 184 Å². The molecule has 3 heterocycles. The van der Waals surface area contributed by atoms with Crippen LogP contribution < -0.4 is 10.1 Å². The van der Waals surface area contributed by atoms with Crippen LogP contribution in [0.3, 0.4) is 0 Å². The van der Waals surface area contributed by atoms with Crippen LogP contribution in [0.5, 0.6) is 5.75 Å². The van der Waals surface area contributed by atoms with Crippen molar-refractivity contribution in [1.29, 1.82) is 0 Å². The molecule has 1 aromatic carbocycles. The molecule has 1 amide bonds. The maximum Gasteiger partial charge on any atom is 0.263 e. The Morgan fingerprint density at radius 1 is 1.10 bits per heavy atom. The van der Waals surface area contributed by atoms with Crippen LogP contribution in [-0.4, -0.2) is 37.2 Å². The molecular formula is C22H21ClN6O2. The zero-order chi connectivity index (χ0) is 22.0. The fourth-order valence-electron chi connectivity index (χ4n) is 2.94. The molecule has 9 heteroatoms. The molecule has 0 saturated heterocycles. The van der Waals surface area contributed by atoms with Gasteiger partial charge in [-0.25, -0.2) is 9.97 Å². The van der Waals surface area contributed by atoms with Gasteiger partial charge in [0.05, 0.1) is 10.7 Å². The number of rotatable bonds is 5. The predicted molar refractivity (Wildman–Crippen MR) is 119 cm³/mol. The summed E-state index contributed by atoms with van der Waals surface area (Å²) in [6.45, 7) is 5.91. The number of aromatic nitrogens is 5. The summed E-state index contributed by atoms with van der Waals surface area (Å²) < 4.78 is 7.25. The van der Waals surface area contributed by atoms with Gasteiger partial charge in [0.1, 0.15) is 17.1 Å². The van der Waals surface area contributed by atoms with Gasteiger partial charge in [-0.15, -0.1) is 0 Å². The number of amides is 1. The SMILES string of the molecule is CC(C)(C)c1cc(NC(=O)COc2ccc(Cl)c3cccnc23)n(-c2ncccn2)n1. The first kappa shape index (κ1) is 20.7. The van der Waals surface area contributed by atoms with Crippen LogP contribution >= 0.6 is 11.6 Å². The van der Waals surface area contributed by atoms with E-state index in [0.29, 0.717) is 28.1 Å². The van der Waals surface area contributed by atoms with E-state index in [0.717, 1.165) is 11.1 Å². The largest absolute Gasteiger partial charge is 0.481 e. The standard InChI is InChI=1S/C22H21ClN6O2/c1-22(2,3)17-12-18(29(28-17)21-25-10-5-11-26-21)27-19(30)13-31-16-8-7-15(23)14-6-4-9-24-20(14)16/h4-12H,13H2,1-3H3,(H,27,30). The van der Waals surface area contributed by atoms with Gasteiger partial charge in [0.15, 0.2) is 6.61 Å². The van der Waals surface area contributed by atoms with E-state index < -0.39 is 0 Å². The number of carbonyl (C=O) groups excluding carboxylic acids is 1. The molecule has 0 bridgehead atoms. The lowest BCUT2D eigenvalue weighted by molar-refractivity contribution is -0.118. The first-order valence-electron chi connectivity index (χ1n) is 9.67. The maximum absolute atomic E-state index is 12.7. The van der Waals surface area contributed by atoms with Crippen molar-refractivity contribution >= 4 is 34.2 Å². The lowest BCUT2D eigenvalue weighted by Gasteiger charge is -2.13. The molecule has 0 atom stereocenters. The fourth-order valence-corrected chi connectivity index (χ4v) is 3.16. The molecular weight excluding hydrogens is 416 g/mol. The molecule has 0 aliphatic rings. The third-order valence-corrected chi connectivity index (χ3v) is 4.85. The Kier molecular flexibility index (Phi) is 5.56. The van der Waals surface area contributed by atoms with E-state index in [9.17, 15) is 4.79 Å². The molecule has 158 valence electrons. The molecule has 0 spiro atoms. The van der Waals surface area contributed by atoms with Crippen LogP contribution in [0.4, 0.5) is 5.82 Å². The Bertz CT molecular complexity index is 1230. The van der Waals surface area contributed by atoms with Crippen LogP contribution in [0, 0.1) is 0 Å². The van der Waals surface area contributed by atoms with E-state index >= 15 is 0 Å². The first-order chi connectivity index (χ1) is 14.8. The Balaban J connectivity index is 1.55. The summed E-state index contributed by atoms with van der Waals surface area (Å²) in [6.07, 6.45) is 4.89. The minimum atomic E-state index is -0.350. The zero-order valence-corrected chi connectivity index (χ0v) is 18.1. The minimum absolute atomic E-state index is 0.209. The summed E-state index contributed by atoms with van der Waals surface area (Å²) in [5, 5.41) is 8.76. The van der Waals surface area contributed by atoms with Gasteiger partial charge in [0.25, 0.3) is 11.9 Å². The van der Waals surface area contributed by atoms with E-state index in [2.05, 4.69) is 25.4 Å². The van der Waals surface area contributed by atoms with E-state index in [1.165, 1.54) is 4.68 Å². The number of hydrogen-bond acceptors (Lipinski definition) is 6. The average molecular weight is 437 g/mol. The molecule has 0 unspecified atom stereocenters. The second kappa shape index (κ2) is 8.31. The van der Waals surface area contributed by atoms with Gasteiger partial charge in [0, 0.05) is 35.5 Å². The van der Waals surface area contributed by atoms with Gasteiger partial charge in [-0.1, -0.05) is 32.4 Å². The van der Waals surface area contributed by atoms with Crippen molar-refractivity contribution in [3.63, 3.8) is 0 Å². The third-order valence-electron chi connectivity index (χ3n) is 4.53. The molecule has 8 nitrogen and oxygen atoms in total. The van der Waals surface area contributed by atoms with Crippen LogP contribution in [0.15, 0.2) is 55.0 Å². The van der Waals surface area contributed by atoms with Crippen LogP contribution in [0.25, 0.3) is 16.9 Å². The lowest BCUT2D eigenvalue weighted by atomic mass is 9.92. The van der Waals surface area contributed by atoms with Gasteiger partial charge >= 0.3 is 0 Å². The highest BCUT2D eigenvalue weighted by molar-refractivity contribution is 6.35. The van der Waals surface area contributed by atoms with Crippen molar-refractivity contribution in [3.05, 3.63) is 65.7 Å². The van der Waals surface area contributed by atoms with Crippen LogP contribution in [0.1, 0.15) is 26.5 Å². The first-order valence-corrected chi connectivity index (χ1v) is 10.0. The summed E-state index contributed by atoms with van der Waals surface area (Å²) in [7, 11) is 0. The molecule has 0 fully saturated rings. The monoisotopic (exact) mass is 436 g/mol. The van der Waals surface area contributed by atoms with E-state index in [1.807, 2.05) is 32.9 Å². The molecule has 0 radical (unpaired) electrons. The van der Waals surface area contributed by atoms with Gasteiger partial charge in [-0.2, -0.15) is 9.78 Å². The molecule has 4 aromatic rings. The van der Waals surface area contributed by atoms with Crippen LogP contribution in [0.2, 0.25) is 5.02 Å². The van der Waals surface area contributed by atoms with Gasteiger partial charge in [-0.3, -0.25) is 9.78 Å². The Hall–Kier alpha value is -3.52. The van der Waals surface area contributed by atoms with Crippen molar-refractivity contribution in [3.8, 4) is 11.7 Å². The highest BCUT2D eigenvalue weighted by atomic mass is 35.5. The van der Waals surface area contributed by atoms with Crippen molar-refractivity contribution in [1.82, 2.24) is 24.7 Å². The minimum Gasteiger partial charge on any atom is -0.481 e. The number of fused-ring (bicyclic) bond motifs is 1. The number of halogens is 1. The maximum atomic E-state index is 12.7. The predicted octanol–water partition coefficient (Wildman–Crippen LogP) is 4.18. The smallest absolute Gasteiger partial charge is 0.263 e. The highest BCUT2D eigenvalue weighted by Crippen LogP contribution is 2.30. The fraction of sp³-hybridized carbons (Fsp3) is 0.227. The van der Waals surface area contributed by atoms with Gasteiger partial charge in [-0.05, 0) is 30.3 Å². The van der Waals surface area contributed by atoms with Crippen molar-refractivity contribution in [2.24, 2.45) is 0 Å². The molecule has 4 rings (SSSR count). The summed E-state index contributed by atoms with van der Waals surface area (Å²) in [4.78, 5) is 25.5. The Morgan fingerprint density at radius 3 is 2.58 bits per heavy atom. The average Bonchev–Trinajstić information content (AvgIpc) is 3.18. The van der Waals surface area contributed by atoms with Gasteiger partial charge < -0.3 is 10.1 Å². The summed E-state index contributed by atoms with van der Waals surface area (Å²) in [6, 6.07) is 10.6. The van der Waals surface area contributed by atoms with Crippen LogP contribution in [-0.2, 0) is 10.2 Å². The van der Waals surface area contributed by atoms with E-state index in [-0.39, 0.29) is 17.9 Å². The van der Waals surface area contributed by atoms with E-state index in [4.69, 9.17) is 16.3 Å². The van der Waals surface area contributed by atoms with Crippen molar-refractivity contribution < 1.29 is 9.53 Å². The van der Waals surface area contributed by atoms with Crippen molar-refractivity contribution in [2.75, 3.05) is 11.9 Å². The number of nitrogens with zero attached hydrogens (tertiary/aromatic N) is 5. The molecule has 3 aromatic heterocycles. The second-order valence-corrected chi connectivity index (χ2v) is 8.31. The van der Waals surface area contributed by atoms with E-state index in [1.54, 1.807) is 42.9 Å². The quantitative estimate of drug-likeness (QED) is 0.504. The van der Waals surface area contributed by atoms with Crippen molar-refractivity contribution in [2.45, 2.75) is 26.2 Å². The topological polar surface area (TPSA) is 94.8 Å². The molecule has 31 heavy (non-hydrogen) atoms. The Morgan fingerprint density at radius 2 is 1.84 bits per heavy atom. The lowest BCUT2D eigenvalue weighted by Crippen LogP contribution is -2.22. The zero-order valence-electron chi connectivity index (χ0n) is 17.3. The third kappa shape index (κ3) is 4.49.